The molecule has 0 spiro atoms. The number of benzene rings is 2. The Bertz CT molecular complexity index is 1080. The third-order valence-electron chi connectivity index (χ3n) is 5.13. The minimum absolute atomic E-state index is 0.0439. The van der Waals surface area contributed by atoms with Gasteiger partial charge < -0.3 is 5.32 Å². The summed E-state index contributed by atoms with van der Waals surface area (Å²) in [6.07, 6.45) is 4.36. The van der Waals surface area contributed by atoms with Crippen LogP contribution in [-0.2, 0) is 11.3 Å². The molecule has 0 atom stereocenters. The highest BCUT2D eigenvalue weighted by Crippen LogP contribution is 2.21. The lowest BCUT2D eigenvalue weighted by atomic mass is 10.2. The van der Waals surface area contributed by atoms with Gasteiger partial charge in [0.25, 0.3) is 5.56 Å². The molecule has 1 N–H and O–H groups in total. The van der Waals surface area contributed by atoms with E-state index in [9.17, 15) is 14.0 Å². The van der Waals surface area contributed by atoms with E-state index in [1.54, 1.807) is 34.9 Å². The van der Waals surface area contributed by atoms with Crippen molar-refractivity contribution in [3.05, 3.63) is 70.3 Å². The van der Waals surface area contributed by atoms with Crippen molar-refractivity contribution in [2.24, 2.45) is 0 Å². The fourth-order valence-corrected chi connectivity index (χ4v) is 4.45. The predicted molar refractivity (Wildman–Crippen MR) is 113 cm³/mol. The van der Waals surface area contributed by atoms with Crippen molar-refractivity contribution >= 4 is 28.6 Å². The van der Waals surface area contributed by atoms with E-state index < -0.39 is 0 Å². The number of thioether (sulfide) groups is 1. The number of amides is 1. The molecule has 3 aromatic rings. The maximum atomic E-state index is 13.2. The van der Waals surface area contributed by atoms with E-state index >= 15 is 0 Å². The molecule has 0 bridgehead atoms. The molecule has 7 heteroatoms. The Kier molecular flexibility index (Phi) is 5.94. The Hall–Kier alpha value is -2.67. The van der Waals surface area contributed by atoms with Crippen molar-refractivity contribution in [1.82, 2.24) is 14.9 Å². The molecule has 1 heterocycles. The zero-order valence-corrected chi connectivity index (χ0v) is 16.8. The summed E-state index contributed by atoms with van der Waals surface area (Å²) in [6.45, 7) is 0.267. The van der Waals surface area contributed by atoms with Crippen LogP contribution in [0.3, 0.4) is 0 Å². The third kappa shape index (κ3) is 4.67. The SMILES string of the molecule is O=C(CSc1nc2ccccc2c(=O)n1Cc1ccc(F)cc1)NC1CCCC1. The van der Waals surface area contributed by atoms with Crippen molar-refractivity contribution in [2.45, 2.75) is 43.4 Å². The molecule has 150 valence electrons. The van der Waals surface area contributed by atoms with Crippen LogP contribution in [0, 0.1) is 5.82 Å². The topological polar surface area (TPSA) is 64.0 Å². The second-order valence-electron chi connectivity index (χ2n) is 7.27. The van der Waals surface area contributed by atoms with Crippen LogP contribution >= 0.6 is 11.8 Å². The van der Waals surface area contributed by atoms with Crippen LogP contribution < -0.4 is 10.9 Å². The standard InChI is InChI=1S/C22H22FN3O2S/c23-16-11-9-15(10-12-16)13-26-21(28)18-7-3-4-8-19(18)25-22(26)29-14-20(27)24-17-5-1-2-6-17/h3-4,7-12,17H,1-2,5-6,13-14H2,(H,24,27). The van der Waals surface area contributed by atoms with Crippen LogP contribution in [0.4, 0.5) is 4.39 Å². The molecule has 0 saturated heterocycles. The second-order valence-corrected chi connectivity index (χ2v) is 8.21. The molecular weight excluding hydrogens is 389 g/mol. The Morgan fingerprint density at radius 3 is 2.62 bits per heavy atom. The van der Waals surface area contributed by atoms with Gasteiger partial charge in [-0.15, -0.1) is 0 Å². The number of nitrogens with one attached hydrogen (secondary N) is 1. The van der Waals surface area contributed by atoms with Crippen molar-refractivity contribution in [1.29, 1.82) is 0 Å². The van der Waals surface area contributed by atoms with E-state index in [-0.39, 0.29) is 35.6 Å². The van der Waals surface area contributed by atoms with Gasteiger partial charge in [0.1, 0.15) is 5.82 Å². The number of hydrogen-bond donors (Lipinski definition) is 1. The van der Waals surface area contributed by atoms with Crippen molar-refractivity contribution in [3.8, 4) is 0 Å². The molecule has 1 aromatic heterocycles. The van der Waals surface area contributed by atoms with Gasteiger partial charge in [-0.05, 0) is 42.7 Å². The summed E-state index contributed by atoms with van der Waals surface area (Å²) in [5, 5.41) is 4.07. The first-order valence-corrected chi connectivity index (χ1v) is 10.7. The van der Waals surface area contributed by atoms with Gasteiger partial charge in [-0.3, -0.25) is 14.2 Å². The number of carbonyl (C=O) groups is 1. The Balaban J connectivity index is 1.60. The van der Waals surface area contributed by atoms with Gasteiger partial charge in [-0.25, -0.2) is 9.37 Å². The van der Waals surface area contributed by atoms with Crippen LogP contribution in [0.1, 0.15) is 31.2 Å². The highest BCUT2D eigenvalue weighted by Gasteiger charge is 2.18. The minimum atomic E-state index is -0.323. The van der Waals surface area contributed by atoms with E-state index in [1.807, 2.05) is 6.07 Å². The van der Waals surface area contributed by atoms with Crippen molar-refractivity contribution in [2.75, 3.05) is 5.75 Å². The van der Waals surface area contributed by atoms with E-state index in [4.69, 9.17) is 0 Å². The molecular formula is C22H22FN3O2S. The van der Waals surface area contributed by atoms with Crippen LogP contribution in [0.2, 0.25) is 0 Å². The first-order chi connectivity index (χ1) is 14.1. The van der Waals surface area contributed by atoms with Crippen LogP contribution in [0.5, 0.6) is 0 Å². The number of rotatable bonds is 6. The molecule has 2 aromatic carbocycles. The summed E-state index contributed by atoms with van der Waals surface area (Å²) in [6, 6.07) is 13.5. The third-order valence-corrected chi connectivity index (χ3v) is 6.11. The Morgan fingerprint density at radius 1 is 1.14 bits per heavy atom. The fourth-order valence-electron chi connectivity index (χ4n) is 3.64. The van der Waals surface area contributed by atoms with E-state index in [2.05, 4.69) is 10.3 Å². The highest BCUT2D eigenvalue weighted by atomic mass is 32.2. The smallest absolute Gasteiger partial charge is 0.262 e. The average molecular weight is 412 g/mol. The van der Waals surface area contributed by atoms with Crippen LogP contribution in [0.15, 0.2) is 58.5 Å². The van der Waals surface area contributed by atoms with Gasteiger partial charge in [0.05, 0.1) is 23.2 Å². The summed E-state index contributed by atoms with van der Waals surface area (Å²) in [5.41, 5.74) is 1.23. The summed E-state index contributed by atoms with van der Waals surface area (Å²) in [7, 11) is 0. The van der Waals surface area contributed by atoms with Gasteiger partial charge >= 0.3 is 0 Å². The molecule has 0 radical (unpaired) electrons. The molecule has 4 rings (SSSR count). The van der Waals surface area contributed by atoms with Gasteiger partial charge in [-0.1, -0.05) is 48.9 Å². The van der Waals surface area contributed by atoms with E-state index in [0.29, 0.717) is 16.1 Å². The monoisotopic (exact) mass is 411 g/mol. The molecule has 1 aliphatic rings. The summed E-state index contributed by atoms with van der Waals surface area (Å²) >= 11 is 1.26. The van der Waals surface area contributed by atoms with E-state index in [1.165, 1.54) is 23.9 Å². The molecule has 1 aliphatic carbocycles. The molecule has 1 saturated carbocycles. The lowest BCUT2D eigenvalue weighted by molar-refractivity contribution is -0.119. The van der Waals surface area contributed by atoms with Crippen LogP contribution in [-0.4, -0.2) is 27.3 Å². The number of hydrogen-bond acceptors (Lipinski definition) is 4. The van der Waals surface area contributed by atoms with Crippen LogP contribution in [0.25, 0.3) is 10.9 Å². The predicted octanol–water partition coefficient (Wildman–Crippen LogP) is 3.73. The first kappa shape index (κ1) is 19.6. The molecule has 29 heavy (non-hydrogen) atoms. The lowest BCUT2D eigenvalue weighted by Crippen LogP contribution is -2.34. The second kappa shape index (κ2) is 8.78. The summed E-state index contributed by atoms with van der Waals surface area (Å²) in [4.78, 5) is 30.0. The average Bonchev–Trinajstić information content (AvgIpc) is 3.23. The van der Waals surface area contributed by atoms with Gasteiger partial charge in [0, 0.05) is 6.04 Å². The van der Waals surface area contributed by atoms with Crippen molar-refractivity contribution < 1.29 is 9.18 Å². The number of aromatic nitrogens is 2. The minimum Gasteiger partial charge on any atom is -0.353 e. The number of carbonyl (C=O) groups excluding carboxylic acids is 1. The Labute approximate surface area is 172 Å². The molecule has 5 nitrogen and oxygen atoms in total. The summed E-state index contributed by atoms with van der Waals surface area (Å²) < 4.78 is 14.8. The maximum absolute atomic E-state index is 13.2. The van der Waals surface area contributed by atoms with Gasteiger partial charge in [-0.2, -0.15) is 0 Å². The van der Waals surface area contributed by atoms with Gasteiger partial charge in [0.15, 0.2) is 5.16 Å². The molecule has 0 aliphatic heterocycles. The van der Waals surface area contributed by atoms with E-state index in [0.717, 1.165) is 31.2 Å². The zero-order chi connectivity index (χ0) is 20.2. The number of nitrogens with zero attached hydrogens (tertiary/aromatic N) is 2. The normalized spacial score (nSPS) is 14.4. The van der Waals surface area contributed by atoms with Gasteiger partial charge in [0.2, 0.25) is 5.91 Å². The first-order valence-electron chi connectivity index (χ1n) is 9.76. The Morgan fingerprint density at radius 2 is 1.86 bits per heavy atom. The number of fused-ring (bicyclic) bond motifs is 1. The largest absolute Gasteiger partial charge is 0.353 e. The summed E-state index contributed by atoms with van der Waals surface area (Å²) in [5.74, 6) is -0.168. The number of para-hydroxylation sites is 1. The lowest BCUT2D eigenvalue weighted by Gasteiger charge is -2.14. The number of halogens is 1. The maximum Gasteiger partial charge on any atom is 0.262 e. The highest BCUT2D eigenvalue weighted by molar-refractivity contribution is 7.99. The molecule has 1 amide bonds. The zero-order valence-electron chi connectivity index (χ0n) is 15.9. The fraction of sp³-hybridized carbons (Fsp3) is 0.318. The molecule has 0 unspecified atom stereocenters. The molecule has 1 fully saturated rings. The quantitative estimate of drug-likeness (QED) is 0.496. The van der Waals surface area contributed by atoms with Crippen molar-refractivity contribution in [3.63, 3.8) is 0 Å².